The molecule has 2 N–H and O–H groups in total. The van der Waals surface area contributed by atoms with Crippen molar-refractivity contribution in [1.29, 1.82) is 0 Å². The van der Waals surface area contributed by atoms with E-state index in [4.69, 9.17) is 5.11 Å². The molecule has 0 unspecified atom stereocenters. The zero-order valence-electron chi connectivity index (χ0n) is 11.9. The number of carboxylic acid groups (broad SMARTS) is 1. The van der Waals surface area contributed by atoms with Crippen molar-refractivity contribution in [2.75, 3.05) is 19.6 Å². The van der Waals surface area contributed by atoms with Gasteiger partial charge in [-0.1, -0.05) is 0 Å². The first-order valence-corrected chi connectivity index (χ1v) is 6.94. The van der Waals surface area contributed by atoms with Gasteiger partial charge in [-0.05, 0) is 26.7 Å². The van der Waals surface area contributed by atoms with Gasteiger partial charge >= 0.3 is 6.09 Å². The number of halogens is 2. The van der Waals surface area contributed by atoms with E-state index in [0.717, 1.165) is 0 Å². The van der Waals surface area contributed by atoms with Gasteiger partial charge in [0.15, 0.2) is 0 Å². The number of amides is 1. The molecule has 0 radical (unpaired) electrons. The Balaban J connectivity index is 2.06. The normalized spacial score (nSPS) is 28.9. The van der Waals surface area contributed by atoms with E-state index in [1.165, 1.54) is 4.90 Å². The predicted molar refractivity (Wildman–Crippen MR) is 69.0 cm³/mol. The topological polar surface area (TPSA) is 64.0 Å². The number of hydrogen-bond donors (Lipinski definition) is 2. The zero-order valence-corrected chi connectivity index (χ0v) is 11.9. The van der Waals surface area contributed by atoms with E-state index in [1.54, 1.807) is 18.7 Å². The Morgan fingerprint density at radius 1 is 1.30 bits per heavy atom. The van der Waals surface area contributed by atoms with Crippen molar-refractivity contribution in [2.45, 2.75) is 56.7 Å². The molecule has 1 amide bonds. The van der Waals surface area contributed by atoms with Gasteiger partial charge in [-0.3, -0.25) is 4.90 Å². The molecule has 2 fully saturated rings. The van der Waals surface area contributed by atoms with E-state index in [2.05, 4.69) is 0 Å². The smallest absolute Gasteiger partial charge is 0.407 e. The number of likely N-dealkylation sites (tertiary alicyclic amines) is 2. The summed E-state index contributed by atoms with van der Waals surface area (Å²) < 4.78 is 27.4. The highest BCUT2D eigenvalue weighted by Gasteiger charge is 2.52. The van der Waals surface area contributed by atoms with Crippen molar-refractivity contribution in [3.05, 3.63) is 0 Å². The molecule has 2 aliphatic rings. The standard InChI is InChI=1S/C13H22F2N2O3/c1-12(2,20)10-7-13(14,15)8-17(10)9-3-5-16(6-4-9)11(18)19/h9-10,20H,3-8H2,1-2H3,(H,18,19)/t10-/m1/s1. The van der Waals surface area contributed by atoms with Crippen LogP contribution in [0.25, 0.3) is 0 Å². The molecule has 0 saturated carbocycles. The van der Waals surface area contributed by atoms with Crippen molar-refractivity contribution >= 4 is 6.09 Å². The molecule has 7 heteroatoms. The number of piperidine rings is 1. The van der Waals surface area contributed by atoms with E-state index in [9.17, 15) is 18.7 Å². The minimum atomic E-state index is -2.78. The maximum Gasteiger partial charge on any atom is 0.407 e. The molecule has 0 aromatic carbocycles. The minimum absolute atomic E-state index is 0.0876. The number of rotatable bonds is 2. The third kappa shape index (κ3) is 3.20. The van der Waals surface area contributed by atoms with Crippen LogP contribution < -0.4 is 0 Å². The summed E-state index contributed by atoms with van der Waals surface area (Å²) in [7, 11) is 0. The van der Waals surface area contributed by atoms with Crippen molar-refractivity contribution in [3.8, 4) is 0 Å². The molecule has 1 atom stereocenters. The van der Waals surface area contributed by atoms with Crippen LogP contribution in [0, 0.1) is 0 Å². The fraction of sp³-hybridized carbons (Fsp3) is 0.923. The second-order valence-electron chi connectivity index (χ2n) is 6.40. The molecular weight excluding hydrogens is 270 g/mol. The summed E-state index contributed by atoms with van der Waals surface area (Å²) in [4.78, 5) is 13.9. The molecule has 5 nitrogen and oxygen atoms in total. The first kappa shape index (κ1) is 15.4. The number of alkyl halides is 2. The first-order chi connectivity index (χ1) is 9.10. The molecule has 0 aromatic heterocycles. The van der Waals surface area contributed by atoms with Crippen molar-refractivity contribution in [2.24, 2.45) is 0 Å². The van der Waals surface area contributed by atoms with Crippen LogP contribution in [-0.2, 0) is 0 Å². The van der Waals surface area contributed by atoms with Gasteiger partial charge in [-0.15, -0.1) is 0 Å². The lowest BCUT2D eigenvalue weighted by atomic mass is 9.93. The maximum absolute atomic E-state index is 13.7. The van der Waals surface area contributed by atoms with Gasteiger partial charge < -0.3 is 15.1 Å². The van der Waals surface area contributed by atoms with Crippen molar-refractivity contribution < 1.29 is 23.8 Å². The molecule has 116 valence electrons. The van der Waals surface area contributed by atoms with E-state index >= 15 is 0 Å². The lowest BCUT2D eigenvalue weighted by Gasteiger charge is -2.41. The highest BCUT2D eigenvalue weighted by atomic mass is 19.3. The Labute approximate surface area is 117 Å². The van der Waals surface area contributed by atoms with Crippen LogP contribution in [0.1, 0.15) is 33.1 Å². The average Bonchev–Trinajstić information content (AvgIpc) is 2.65. The van der Waals surface area contributed by atoms with Gasteiger partial charge in [0.1, 0.15) is 0 Å². The Bertz CT molecular complexity index is 376. The van der Waals surface area contributed by atoms with Gasteiger partial charge in [-0.2, -0.15) is 0 Å². The van der Waals surface area contributed by atoms with Crippen LogP contribution in [0.2, 0.25) is 0 Å². The molecular formula is C13H22F2N2O3. The summed E-state index contributed by atoms with van der Waals surface area (Å²) in [5, 5.41) is 19.0. The molecule has 0 spiro atoms. The third-order valence-corrected chi connectivity index (χ3v) is 4.33. The number of hydrogen-bond acceptors (Lipinski definition) is 3. The Hall–Kier alpha value is -0.950. The lowest BCUT2D eigenvalue weighted by Crippen LogP contribution is -2.53. The molecule has 0 aliphatic carbocycles. The SMILES string of the molecule is CC(C)(O)[C@H]1CC(F)(F)CN1C1CCN(C(=O)O)CC1. The second kappa shape index (κ2) is 5.11. The van der Waals surface area contributed by atoms with Crippen LogP contribution in [0.5, 0.6) is 0 Å². The van der Waals surface area contributed by atoms with Gasteiger partial charge in [0, 0.05) is 31.6 Å². The predicted octanol–water partition coefficient (Wildman–Crippen LogP) is 1.61. The largest absolute Gasteiger partial charge is 0.465 e. The molecule has 20 heavy (non-hydrogen) atoms. The maximum atomic E-state index is 13.7. The third-order valence-electron chi connectivity index (χ3n) is 4.33. The Morgan fingerprint density at radius 2 is 1.85 bits per heavy atom. The molecule has 0 bridgehead atoms. The van der Waals surface area contributed by atoms with Crippen molar-refractivity contribution in [3.63, 3.8) is 0 Å². The fourth-order valence-corrected chi connectivity index (χ4v) is 3.27. The lowest BCUT2D eigenvalue weighted by molar-refractivity contribution is -0.0262. The zero-order chi connectivity index (χ0) is 15.1. The Morgan fingerprint density at radius 3 is 2.30 bits per heavy atom. The van der Waals surface area contributed by atoms with Crippen LogP contribution >= 0.6 is 0 Å². The van der Waals surface area contributed by atoms with Crippen LogP contribution in [-0.4, -0.2) is 69.3 Å². The summed E-state index contributed by atoms with van der Waals surface area (Å²) in [5.41, 5.74) is -1.19. The van der Waals surface area contributed by atoms with Crippen LogP contribution in [0.4, 0.5) is 13.6 Å². The summed E-state index contributed by atoms with van der Waals surface area (Å²) in [6.07, 6.45) is -0.228. The van der Waals surface area contributed by atoms with E-state index in [0.29, 0.717) is 25.9 Å². The average molecular weight is 292 g/mol. The minimum Gasteiger partial charge on any atom is -0.465 e. The van der Waals surface area contributed by atoms with Crippen LogP contribution in [0.3, 0.4) is 0 Å². The van der Waals surface area contributed by atoms with E-state index < -0.39 is 23.7 Å². The molecule has 2 rings (SSSR count). The molecule has 0 aromatic rings. The molecule has 2 saturated heterocycles. The summed E-state index contributed by atoms with van der Waals surface area (Å²) in [6.45, 7) is 3.48. The Kier molecular flexibility index (Phi) is 3.94. The summed E-state index contributed by atoms with van der Waals surface area (Å²) >= 11 is 0. The van der Waals surface area contributed by atoms with Gasteiger partial charge in [-0.25, -0.2) is 13.6 Å². The summed E-state index contributed by atoms with van der Waals surface area (Å²) in [6, 6.07) is -0.672. The highest BCUT2D eigenvalue weighted by Crippen LogP contribution is 2.39. The summed E-state index contributed by atoms with van der Waals surface area (Å²) in [5.74, 6) is -2.78. The highest BCUT2D eigenvalue weighted by molar-refractivity contribution is 5.65. The number of nitrogens with zero attached hydrogens (tertiary/aromatic N) is 2. The fourth-order valence-electron chi connectivity index (χ4n) is 3.27. The monoisotopic (exact) mass is 292 g/mol. The number of carbonyl (C=O) groups is 1. The quantitative estimate of drug-likeness (QED) is 0.811. The number of aliphatic hydroxyl groups is 1. The second-order valence-corrected chi connectivity index (χ2v) is 6.40. The van der Waals surface area contributed by atoms with E-state index in [-0.39, 0.29) is 19.0 Å². The van der Waals surface area contributed by atoms with Crippen LogP contribution in [0.15, 0.2) is 0 Å². The van der Waals surface area contributed by atoms with Gasteiger partial charge in [0.25, 0.3) is 5.92 Å². The van der Waals surface area contributed by atoms with E-state index in [1.807, 2.05) is 0 Å². The molecule has 2 heterocycles. The molecule has 2 aliphatic heterocycles. The van der Waals surface area contributed by atoms with Gasteiger partial charge in [0.05, 0.1) is 12.1 Å². The van der Waals surface area contributed by atoms with Crippen molar-refractivity contribution in [1.82, 2.24) is 9.80 Å². The first-order valence-electron chi connectivity index (χ1n) is 6.94. The van der Waals surface area contributed by atoms with Gasteiger partial charge in [0.2, 0.25) is 0 Å².